The zero-order chi connectivity index (χ0) is 11.5. The van der Waals surface area contributed by atoms with Gasteiger partial charge in [-0.1, -0.05) is 25.1 Å². The first-order valence-electron chi connectivity index (χ1n) is 5.04. The lowest BCUT2D eigenvalue weighted by atomic mass is 10.1. The molecule has 3 nitrogen and oxygen atoms in total. The molecule has 0 fully saturated rings. The molecule has 1 aromatic carbocycles. The van der Waals surface area contributed by atoms with Gasteiger partial charge in [0.05, 0.1) is 0 Å². The van der Waals surface area contributed by atoms with Crippen molar-refractivity contribution in [2.75, 3.05) is 7.05 Å². The molecule has 3 heteroatoms. The first-order valence-corrected chi connectivity index (χ1v) is 5.04. The topological polar surface area (TPSA) is 40.5 Å². The van der Waals surface area contributed by atoms with Crippen molar-refractivity contribution in [3.05, 3.63) is 35.9 Å². The summed E-state index contributed by atoms with van der Waals surface area (Å²) in [5.74, 6) is -0.164. The third kappa shape index (κ3) is 2.57. The zero-order valence-electron chi connectivity index (χ0n) is 9.40. The van der Waals surface area contributed by atoms with Gasteiger partial charge in [-0.05, 0) is 25.5 Å². The maximum Gasteiger partial charge on any atom is 0.255 e. The minimum Gasteiger partial charge on any atom is -0.371 e. The van der Waals surface area contributed by atoms with Gasteiger partial charge in [-0.2, -0.15) is 0 Å². The standard InChI is InChI=1S/C12H17NO2/c1-4-12(2,15)13(3)11(14)10-8-6-5-7-9-10/h5-9,15H,4H2,1-3H3. The van der Waals surface area contributed by atoms with Gasteiger partial charge in [0.25, 0.3) is 5.91 Å². The monoisotopic (exact) mass is 207 g/mol. The fourth-order valence-electron chi connectivity index (χ4n) is 1.23. The van der Waals surface area contributed by atoms with Crippen LogP contribution in [-0.4, -0.2) is 28.7 Å². The molecule has 0 aliphatic heterocycles. The Labute approximate surface area is 90.3 Å². The molecule has 1 unspecified atom stereocenters. The number of rotatable bonds is 3. The van der Waals surface area contributed by atoms with E-state index in [-0.39, 0.29) is 5.91 Å². The third-order valence-corrected chi connectivity index (χ3v) is 2.72. The molecule has 0 aliphatic carbocycles. The van der Waals surface area contributed by atoms with Crippen molar-refractivity contribution in [1.29, 1.82) is 0 Å². The molecule has 0 saturated carbocycles. The normalized spacial score (nSPS) is 14.4. The quantitative estimate of drug-likeness (QED) is 0.769. The molecule has 0 bridgehead atoms. The van der Waals surface area contributed by atoms with Crippen LogP contribution in [0.5, 0.6) is 0 Å². The molecule has 1 rings (SSSR count). The number of aliphatic hydroxyl groups is 1. The van der Waals surface area contributed by atoms with Crippen molar-refractivity contribution < 1.29 is 9.90 Å². The van der Waals surface area contributed by atoms with Crippen molar-refractivity contribution in [3.63, 3.8) is 0 Å². The molecule has 0 aromatic heterocycles. The van der Waals surface area contributed by atoms with Gasteiger partial charge in [-0.3, -0.25) is 4.79 Å². The van der Waals surface area contributed by atoms with Crippen LogP contribution in [0.25, 0.3) is 0 Å². The first kappa shape index (κ1) is 11.7. The van der Waals surface area contributed by atoms with E-state index in [1.54, 1.807) is 26.1 Å². The van der Waals surface area contributed by atoms with E-state index < -0.39 is 5.72 Å². The Morgan fingerprint density at radius 2 is 1.93 bits per heavy atom. The van der Waals surface area contributed by atoms with Crippen molar-refractivity contribution in [3.8, 4) is 0 Å². The zero-order valence-corrected chi connectivity index (χ0v) is 9.40. The number of nitrogens with zero attached hydrogens (tertiary/aromatic N) is 1. The highest BCUT2D eigenvalue weighted by atomic mass is 16.3. The van der Waals surface area contributed by atoms with Crippen LogP contribution >= 0.6 is 0 Å². The number of carbonyl (C=O) groups excluding carboxylic acids is 1. The lowest BCUT2D eigenvalue weighted by Crippen LogP contribution is -2.46. The Morgan fingerprint density at radius 3 is 2.40 bits per heavy atom. The van der Waals surface area contributed by atoms with Gasteiger partial charge >= 0.3 is 0 Å². The Hall–Kier alpha value is -1.35. The number of benzene rings is 1. The number of amides is 1. The first-order chi connectivity index (χ1) is 6.99. The Balaban J connectivity index is 2.87. The molecule has 1 atom stereocenters. The summed E-state index contributed by atoms with van der Waals surface area (Å²) in [6.45, 7) is 3.47. The predicted molar refractivity (Wildman–Crippen MR) is 59.5 cm³/mol. The van der Waals surface area contributed by atoms with Gasteiger partial charge in [0.2, 0.25) is 0 Å². The number of hydrogen-bond acceptors (Lipinski definition) is 2. The fraction of sp³-hybridized carbons (Fsp3) is 0.417. The van der Waals surface area contributed by atoms with Gasteiger partial charge in [0.1, 0.15) is 5.72 Å². The number of hydrogen-bond donors (Lipinski definition) is 1. The Kier molecular flexibility index (Phi) is 3.48. The molecule has 82 valence electrons. The highest BCUT2D eigenvalue weighted by molar-refractivity contribution is 5.94. The summed E-state index contributed by atoms with van der Waals surface area (Å²) in [5, 5.41) is 9.93. The lowest BCUT2D eigenvalue weighted by molar-refractivity contribution is -0.0632. The molecule has 0 spiro atoms. The van der Waals surface area contributed by atoms with Crippen LogP contribution in [-0.2, 0) is 0 Å². The van der Waals surface area contributed by atoms with Crippen molar-refractivity contribution in [1.82, 2.24) is 4.90 Å². The van der Waals surface area contributed by atoms with Crippen LogP contribution in [0, 0.1) is 0 Å². The summed E-state index contributed by atoms with van der Waals surface area (Å²) in [5.41, 5.74) is -0.499. The average molecular weight is 207 g/mol. The van der Waals surface area contributed by atoms with E-state index in [9.17, 15) is 9.90 Å². The second-order valence-electron chi connectivity index (χ2n) is 3.80. The maximum atomic E-state index is 11.9. The van der Waals surface area contributed by atoms with E-state index in [2.05, 4.69) is 0 Å². The van der Waals surface area contributed by atoms with Crippen molar-refractivity contribution in [2.24, 2.45) is 0 Å². The summed E-state index contributed by atoms with van der Waals surface area (Å²) in [7, 11) is 1.61. The summed E-state index contributed by atoms with van der Waals surface area (Å²) < 4.78 is 0. The maximum absolute atomic E-state index is 11.9. The molecule has 1 N–H and O–H groups in total. The van der Waals surface area contributed by atoms with E-state index in [1.807, 2.05) is 25.1 Å². The number of carbonyl (C=O) groups is 1. The second kappa shape index (κ2) is 4.45. The van der Waals surface area contributed by atoms with Crippen LogP contribution in [0.15, 0.2) is 30.3 Å². The predicted octanol–water partition coefficient (Wildman–Crippen LogP) is 1.88. The Bertz CT molecular complexity index is 333. The second-order valence-corrected chi connectivity index (χ2v) is 3.80. The van der Waals surface area contributed by atoms with Gasteiger partial charge in [0, 0.05) is 12.6 Å². The third-order valence-electron chi connectivity index (χ3n) is 2.72. The molecule has 0 aliphatic rings. The van der Waals surface area contributed by atoms with E-state index in [1.165, 1.54) is 4.90 Å². The summed E-state index contributed by atoms with van der Waals surface area (Å²) in [4.78, 5) is 13.3. The molecule has 15 heavy (non-hydrogen) atoms. The fourth-order valence-corrected chi connectivity index (χ4v) is 1.23. The SMILES string of the molecule is CCC(C)(O)N(C)C(=O)c1ccccc1. The summed E-state index contributed by atoms with van der Waals surface area (Å²) >= 11 is 0. The van der Waals surface area contributed by atoms with Gasteiger partial charge in [-0.25, -0.2) is 0 Å². The van der Waals surface area contributed by atoms with Crippen molar-refractivity contribution in [2.45, 2.75) is 26.0 Å². The molecular weight excluding hydrogens is 190 g/mol. The lowest BCUT2D eigenvalue weighted by Gasteiger charge is -2.33. The van der Waals surface area contributed by atoms with Crippen LogP contribution < -0.4 is 0 Å². The van der Waals surface area contributed by atoms with E-state index >= 15 is 0 Å². The minimum atomic E-state index is -1.09. The molecular formula is C12H17NO2. The van der Waals surface area contributed by atoms with Gasteiger partial charge in [0.15, 0.2) is 0 Å². The van der Waals surface area contributed by atoms with E-state index in [4.69, 9.17) is 0 Å². The Morgan fingerprint density at radius 1 is 1.40 bits per heavy atom. The largest absolute Gasteiger partial charge is 0.371 e. The van der Waals surface area contributed by atoms with Crippen LogP contribution in [0.1, 0.15) is 30.6 Å². The average Bonchev–Trinajstić information content (AvgIpc) is 2.28. The van der Waals surface area contributed by atoms with E-state index in [0.717, 1.165) is 0 Å². The molecule has 0 radical (unpaired) electrons. The molecule has 0 saturated heterocycles. The minimum absolute atomic E-state index is 0.164. The highest BCUT2D eigenvalue weighted by Crippen LogP contribution is 2.16. The van der Waals surface area contributed by atoms with Crippen LogP contribution in [0.2, 0.25) is 0 Å². The van der Waals surface area contributed by atoms with Crippen LogP contribution in [0.3, 0.4) is 0 Å². The van der Waals surface area contributed by atoms with Crippen molar-refractivity contribution >= 4 is 5.91 Å². The summed E-state index contributed by atoms with van der Waals surface area (Å²) in [6.07, 6.45) is 0.502. The summed E-state index contributed by atoms with van der Waals surface area (Å²) in [6, 6.07) is 8.95. The van der Waals surface area contributed by atoms with E-state index in [0.29, 0.717) is 12.0 Å². The highest BCUT2D eigenvalue weighted by Gasteiger charge is 2.28. The smallest absolute Gasteiger partial charge is 0.255 e. The molecule has 1 aromatic rings. The molecule has 0 heterocycles. The van der Waals surface area contributed by atoms with Crippen LogP contribution in [0.4, 0.5) is 0 Å². The van der Waals surface area contributed by atoms with Gasteiger partial charge < -0.3 is 10.0 Å². The molecule has 1 amide bonds. The van der Waals surface area contributed by atoms with Gasteiger partial charge in [-0.15, -0.1) is 0 Å².